The molecule has 0 saturated heterocycles. The maximum Gasteiger partial charge on any atom is 0.0822 e. The molecule has 1 saturated carbocycles. The summed E-state index contributed by atoms with van der Waals surface area (Å²) in [4.78, 5) is 0. The lowest BCUT2D eigenvalue weighted by atomic mass is 9.66. The molecule has 0 aliphatic heterocycles. The smallest absolute Gasteiger partial charge is 0.0822 e. The van der Waals surface area contributed by atoms with Crippen molar-refractivity contribution in [1.29, 1.82) is 5.26 Å². The summed E-state index contributed by atoms with van der Waals surface area (Å²) in [7, 11) is 0. The molecule has 0 bridgehead atoms. The summed E-state index contributed by atoms with van der Waals surface area (Å²) in [6, 6.07) is 20.4. The first-order chi connectivity index (χ1) is 13.6. The highest BCUT2D eigenvalue weighted by atomic mass is 14.4. The predicted molar refractivity (Wildman–Crippen MR) is 119 cm³/mol. The monoisotopic (exact) mass is 373 g/mol. The van der Waals surface area contributed by atoms with Gasteiger partial charge >= 0.3 is 0 Å². The highest BCUT2D eigenvalue weighted by Gasteiger charge is 2.37. The van der Waals surface area contributed by atoms with Gasteiger partial charge in [-0.15, -0.1) is 0 Å². The fraction of sp³-hybridized carbons (Fsp3) is 0.519. The SMILES string of the molecule is CCCc1ccc(-c2ccc(C3(C#N)CCC(CC(C)CC)CC3)cc2)cc1. The van der Waals surface area contributed by atoms with Crippen molar-refractivity contribution >= 4 is 0 Å². The fourth-order valence-electron chi connectivity index (χ4n) is 4.74. The largest absolute Gasteiger partial charge is 0.197 e. The van der Waals surface area contributed by atoms with Gasteiger partial charge in [-0.1, -0.05) is 82.1 Å². The van der Waals surface area contributed by atoms with Crippen molar-refractivity contribution in [3.63, 3.8) is 0 Å². The van der Waals surface area contributed by atoms with Crippen LogP contribution in [0.1, 0.15) is 76.8 Å². The molecule has 0 radical (unpaired) electrons. The predicted octanol–water partition coefficient (Wildman–Crippen LogP) is 7.69. The third kappa shape index (κ3) is 4.67. The van der Waals surface area contributed by atoms with E-state index >= 15 is 0 Å². The molecule has 1 fully saturated rings. The zero-order valence-corrected chi connectivity index (χ0v) is 17.9. The van der Waals surface area contributed by atoms with Crippen molar-refractivity contribution in [2.45, 2.75) is 77.6 Å². The van der Waals surface area contributed by atoms with Gasteiger partial charge < -0.3 is 0 Å². The zero-order chi connectivity index (χ0) is 20.0. The number of nitrogens with zero attached hydrogens (tertiary/aromatic N) is 1. The molecule has 1 aliphatic carbocycles. The number of nitriles is 1. The first kappa shape index (κ1) is 20.7. The molecule has 148 valence electrons. The van der Waals surface area contributed by atoms with E-state index in [-0.39, 0.29) is 5.41 Å². The summed E-state index contributed by atoms with van der Waals surface area (Å²) in [5, 5.41) is 10.0. The van der Waals surface area contributed by atoms with Gasteiger partial charge in [0, 0.05) is 0 Å². The number of hydrogen-bond acceptors (Lipinski definition) is 1. The molecule has 0 heterocycles. The highest BCUT2D eigenvalue weighted by molar-refractivity contribution is 5.64. The Morgan fingerprint density at radius 3 is 2.04 bits per heavy atom. The molecule has 2 aromatic carbocycles. The number of rotatable bonds is 7. The van der Waals surface area contributed by atoms with Crippen LogP contribution in [0.3, 0.4) is 0 Å². The molecule has 1 unspecified atom stereocenters. The lowest BCUT2D eigenvalue weighted by Gasteiger charge is -2.36. The Morgan fingerprint density at radius 2 is 1.54 bits per heavy atom. The summed E-state index contributed by atoms with van der Waals surface area (Å²) in [6.45, 7) is 6.86. The Balaban J connectivity index is 1.70. The Bertz CT molecular complexity index is 771. The van der Waals surface area contributed by atoms with Gasteiger partial charge in [-0.25, -0.2) is 0 Å². The lowest BCUT2D eigenvalue weighted by molar-refractivity contribution is 0.241. The van der Waals surface area contributed by atoms with E-state index in [0.29, 0.717) is 0 Å². The van der Waals surface area contributed by atoms with E-state index in [1.807, 2.05) is 0 Å². The maximum absolute atomic E-state index is 10.0. The summed E-state index contributed by atoms with van der Waals surface area (Å²) >= 11 is 0. The first-order valence-corrected chi connectivity index (χ1v) is 11.2. The van der Waals surface area contributed by atoms with Crippen molar-refractivity contribution in [3.8, 4) is 17.2 Å². The second-order valence-corrected chi connectivity index (χ2v) is 8.91. The summed E-state index contributed by atoms with van der Waals surface area (Å²) < 4.78 is 0. The molecular weight excluding hydrogens is 338 g/mol. The Labute approximate surface area is 171 Å². The van der Waals surface area contributed by atoms with Crippen LogP contribution in [0.25, 0.3) is 11.1 Å². The van der Waals surface area contributed by atoms with Crippen LogP contribution in [-0.2, 0) is 11.8 Å². The Hall–Kier alpha value is -2.07. The van der Waals surface area contributed by atoms with Gasteiger partial charge in [0.2, 0.25) is 0 Å². The van der Waals surface area contributed by atoms with Gasteiger partial charge in [-0.05, 0) is 72.6 Å². The van der Waals surface area contributed by atoms with Crippen molar-refractivity contribution in [2.24, 2.45) is 11.8 Å². The van der Waals surface area contributed by atoms with Crippen LogP contribution in [0.15, 0.2) is 48.5 Å². The van der Waals surface area contributed by atoms with E-state index in [2.05, 4.69) is 75.4 Å². The Morgan fingerprint density at radius 1 is 0.964 bits per heavy atom. The van der Waals surface area contributed by atoms with Crippen LogP contribution >= 0.6 is 0 Å². The lowest BCUT2D eigenvalue weighted by Crippen LogP contribution is -2.30. The van der Waals surface area contributed by atoms with E-state index in [1.54, 1.807) is 0 Å². The first-order valence-electron chi connectivity index (χ1n) is 11.2. The number of benzene rings is 2. The van der Waals surface area contributed by atoms with Crippen molar-refractivity contribution < 1.29 is 0 Å². The van der Waals surface area contributed by atoms with Gasteiger partial charge in [0.05, 0.1) is 11.5 Å². The minimum atomic E-state index is -0.282. The third-order valence-electron chi connectivity index (χ3n) is 6.87. The summed E-state index contributed by atoms with van der Waals surface area (Å²) in [5.74, 6) is 1.61. The van der Waals surface area contributed by atoms with Crippen molar-refractivity contribution in [3.05, 3.63) is 59.7 Å². The molecule has 28 heavy (non-hydrogen) atoms. The van der Waals surface area contributed by atoms with Crippen molar-refractivity contribution in [2.75, 3.05) is 0 Å². The highest BCUT2D eigenvalue weighted by Crippen LogP contribution is 2.43. The van der Waals surface area contributed by atoms with E-state index in [9.17, 15) is 5.26 Å². The fourth-order valence-corrected chi connectivity index (χ4v) is 4.74. The zero-order valence-electron chi connectivity index (χ0n) is 17.9. The standard InChI is InChI=1S/C27H35N/c1-4-6-22-7-9-24(10-8-22)25-11-13-26(14-12-25)27(20-28)17-15-23(16-18-27)19-21(3)5-2/h7-14,21,23H,4-6,15-19H2,1-3H3. The molecule has 0 spiro atoms. The topological polar surface area (TPSA) is 23.8 Å². The summed E-state index contributed by atoms with van der Waals surface area (Å²) in [6.07, 6.45) is 9.32. The molecule has 2 aromatic rings. The van der Waals surface area contributed by atoms with Gasteiger partial charge in [-0.3, -0.25) is 0 Å². The number of hydrogen-bond donors (Lipinski definition) is 0. The van der Waals surface area contributed by atoms with Gasteiger partial charge in [0.25, 0.3) is 0 Å². The van der Waals surface area contributed by atoms with Crippen LogP contribution in [0.4, 0.5) is 0 Å². The Kier molecular flexibility index (Phi) is 6.95. The second kappa shape index (κ2) is 9.42. The van der Waals surface area contributed by atoms with E-state index in [1.165, 1.54) is 54.4 Å². The van der Waals surface area contributed by atoms with Crippen LogP contribution in [0.5, 0.6) is 0 Å². The van der Waals surface area contributed by atoms with Gasteiger partial charge in [-0.2, -0.15) is 5.26 Å². The average Bonchev–Trinajstić information content (AvgIpc) is 2.75. The molecule has 0 amide bonds. The molecule has 1 nitrogen and oxygen atoms in total. The van der Waals surface area contributed by atoms with Gasteiger partial charge in [0.1, 0.15) is 0 Å². The van der Waals surface area contributed by atoms with Crippen LogP contribution in [0, 0.1) is 23.2 Å². The molecule has 1 heteroatoms. The van der Waals surface area contributed by atoms with E-state index in [4.69, 9.17) is 0 Å². The minimum Gasteiger partial charge on any atom is -0.197 e. The average molecular weight is 374 g/mol. The van der Waals surface area contributed by atoms with E-state index < -0.39 is 0 Å². The van der Waals surface area contributed by atoms with Crippen LogP contribution in [-0.4, -0.2) is 0 Å². The van der Waals surface area contributed by atoms with Crippen LogP contribution in [0.2, 0.25) is 0 Å². The maximum atomic E-state index is 10.0. The number of aryl methyl sites for hydroxylation is 1. The quantitative estimate of drug-likeness (QED) is 0.488. The molecule has 0 aromatic heterocycles. The van der Waals surface area contributed by atoms with E-state index in [0.717, 1.165) is 31.1 Å². The molecule has 3 rings (SSSR count). The third-order valence-corrected chi connectivity index (χ3v) is 6.87. The summed E-state index contributed by atoms with van der Waals surface area (Å²) in [5.41, 5.74) is 4.83. The molecule has 1 aliphatic rings. The van der Waals surface area contributed by atoms with Gasteiger partial charge in [0.15, 0.2) is 0 Å². The molecule has 1 atom stereocenters. The van der Waals surface area contributed by atoms with Crippen molar-refractivity contribution in [1.82, 2.24) is 0 Å². The molecular formula is C27H35N. The second-order valence-electron chi connectivity index (χ2n) is 8.91. The van der Waals surface area contributed by atoms with Crippen LogP contribution < -0.4 is 0 Å². The normalized spacial score (nSPS) is 23.1. The molecule has 0 N–H and O–H groups in total. The minimum absolute atomic E-state index is 0.282.